The number of nitrogens with one attached hydrogen (secondary N) is 1. The van der Waals surface area contributed by atoms with Crippen molar-refractivity contribution in [3.8, 4) is 0 Å². The topological polar surface area (TPSA) is 55.9 Å². The molecular formula is C17H28N4O2. The maximum Gasteiger partial charge on any atom is 0.317 e. The number of likely N-dealkylation sites (tertiary alicyclic amines) is 3. The molecule has 3 heterocycles. The predicted molar refractivity (Wildman–Crippen MR) is 86.9 cm³/mol. The van der Waals surface area contributed by atoms with E-state index in [2.05, 4.69) is 17.3 Å². The van der Waals surface area contributed by atoms with Crippen molar-refractivity contribution in [1.82, 2.24) is 20.0 Å². The van der Waals surface area contributed by atoms with E-state index in [1.807, 2.05) is 9.80 Å². The number of hydrogen-bond acceptors (Lipinski definition) is 3. The zero-order valence-electron chi connectivity index (χ0n) is 14.0. The van der Waals surface area contributed by atoms with Crippen LogP contribution in [-0.4, -0.2) is 79.0 Å². The molecule has 0 bridgehead atoms. The lowest BCUT2D eigenvalue weighted by Crippen LogP contribution is -2.50. The van der Waals surface area contributed by atoms with Crippen LogP contribution in [0.5, 0.6) is 0 Å². The first kappa shape index (κ1) is 15.2. The molecule has 0 spiro atoms. The summed E-state index contributed by atoms with van der Waals surface area (Å²) in [6.45, 7) is 5.65. The van der Waals surface area contributed by atoms with E-state index >= 15 is 0 Å². The number of hydrogen-bond donors (Lipinski definition) is 1. The standard InChI is InChI=1S/C17H28N4O2/c1-19-8-13-10-21(11-14(13)9-19)17(23)18-15-4-6-20(7-5-15)16(22)12-2-3-12/h12-15H,2-11H2,1H3,(H,18,23)/t13-,14+. The predicted octanol–water partition coefficient (Wildman–Crippen LogP) is 0.590. The van der Waals surface area contributed by atoms with Crippen LogP contribution in [-0.2, 0) is 4.79 Å². The first-order chi connectivity index (χ1) is 11.1. The smallest absolute Gasteiger partial charge is 0.317 e. The first-order valence-corrected chi connectivity index (χ1v) is 9.13. The Hall–Kier alpha value is -1.30. The van der Waals surface area contributed by atoms with Gasteiger partial charge in [-0.15, -0.1) is 0 Å². The van der Waals surface area contributed by atoms with Crippen LogP contribution in [0.15, 0.2) is 0 Å². The number of piperidine rings is 1. The Kier molecular flexibility index (Phi) is 3.95. The zero-order chi connectivity index (χ0) is 16.0. The fourth-order valence-electron chi connectivity index (χ4n) is 4.49. The lowest BCUT2D eigenvalue weighted by molar-refractivity contribution is -0.133. The van der Waals surface area contributed by atoms with Gasteiger partial charge in [0.1, 0.15) is 0 Å². The molecule has 1 saturated carbocycles. The minimum absolute atomic E-state index is 0.106. The zero-order valence-corrected chi connectivity index (χ0v) is 14.0. The van der Waals surface area contributed by atoms with Crippen molar-refractivity contribution in [3.05, 3.63) is 0 Å². The molecule has 3 amide bonds. The molecule has 0 aromatic rings. The molecule has 4 fully saturated rings. The second kappa shape index (κ2) is 5.96. The molecule has 3 aliphatic heterocycles. The second-order valence-electron chi connectivity index (χ2n) is 7.97. The summed E-state index contributed by atoms with van der Waals surface area (Å²) in [5.41, 5.74) is 0. The van der Waals surface area contributed by atoms with Crippen LogP contribution < -0.4 is 5.32 Å². The van der Waals surface area contributed by atoms with Crippen LogP contribution in [0.1, 0.15) is 25.7 Å². The lowest BCUT2D eigenvalue weighted by Gasteiger charge is -2.33. The summed E-state index contributed by atoms with van der Waals surface area (Å²) < 4.78 is 0. The highest BCUT2D eigenvalue weighted by molar-refractivity contribution is 5.81. The summed E-state index contributed by atoms with van der Waals surface area (Å²) in [6.07, 6.45) is 3.94. The minimum Gasteiger partial charge on any atom is -0.342 e. The van der Waals surface area contributed by atoms with Crippen molar-refractivity contribution in [2.45, 2.75) is 31.7 Å². The average molecular weight is 320 g/mol. The van der Waals surface area contributed by atoms with Gasteiger partial charge in [0.05, 0.1) is 0 Å². The van der Waals surface area contributed by atoms with E-state index in [4.69, 9.17) is 0 Å². The highest BCUT2D eigenvalue weighted by Crippen LogP contribution is 2.32. The monoisotopic (exact) mass is 320 g/mol. The molecule has 2 atom stereocenters. The van der Waals surface area contributed by atoms with Gasteiger partial charge < -0.3 is 20.0 Å². The third-order valence-corrected chi connectivity index (χ3v) is 6.02. The Bertz CT molecular complexity index is 471. The summed E-state index contributed by atoms with van der Waals surface area (Å²) >= 11 is 0. The van der Waals surface area contributed by atoms with E-state index in [1.165, 1.54) is 0 Å². The highest BCUT2D eigenvalue weighted by Gasteiger charge is 2.41. The van der Waals surface area contributed by atoms with Crippen molar-refractivity contribution < 1.29 is 9.59 Å². The molecular weight excluding hydrogens is 292 g/mol. The number of nitrogens with zero attached hydrogens (tertiary/aromatic N) is 3. The molecule has 4 rings (SSSR count). The molecule has 0 unspecified atom stereocenters. The number of urea groups is 1. The molecule has 0 aromatic carbocycles. The van der Waals surface area contributed by atoms with Crippen molar-refractivity contribution in [1.29, 1.82) is 0 Å². The third-order valence-electron chi connectivity index (χ3n) is 6.02. The maximum atomic E-state index is 12.5. The summed E-state index contributed by atoms with van der Waals surface area (Å²) in [6, 6.07) is 0.336. The van der Waals surface area contributed by atoms with Gasteiger partial charge in [-0.2, -0.15) is 0 Å². The fourth-order valence-corrected chi connectivity index (χ4v) is 4.49. The quantitative estimate of drug-likeness (QED) is 0.810. The Labute approximate surface area is 138 Å². The van der Waals surface area contributed by atoms with Crippen molar-refractivity contribution in [2.24, 2.45) is 17.8 Å². The number of carbonyl (C=O) groups excluding carboxylic acids is 2. The molecule has 23 heavy (non-hydrogen) atoms. The summed E-state index contributed by atoms with van der Waals surface area (Å²) in [5.74, 6) is 1.96. The molecule has 0 aromatic heterocycles. The van der Waals surface area contributed by atoms with Crippen molar-refractivity contribution in [2.75, 3.05) is 46.3 Å². The third kappa shape index (κ3) is 3.18. The average Bonchev–Trinajstić information content (AvgIpc) is 3.22. The Morgan fingerprint density at radius 2 is 1.48 bits per heavy atom. The van der Waals surface area contributed by atoms with Crippen LogP contribution in [0.3, 0.4) is 0 Å². The molecule has 128 valence electrons. The van der Waals surface area contributed by atoms with Gasteiger partial charge in [-0.3, -0.25) is 4.79 Å². The number of rotatable bonds is 2. The Morgan fingerprint density at radius 3 is 2.04 bits per heavy atom. The molecule has 6 heteroatoms. The van der Waals surface area contributed by atoms with E-state index < -0.39 is 0 Å². The van der Waals surface area contributed by atoms with E-state index in [9.17, 15) is 9.59 Å². The minimum atomic E-state index is 0.106. The van der Waals surface area contributed by atoms with Gasteiger partial charge in [0.25, 0.3) is 0 Å². The second-order valence-corrected chi connectivity index (χ2v) is 7.97. The number of fused-ring (bicyclic) bond motifs is 1. The molecule has 4 aliphatic rings. The van der Waals surface area contributed by atoms with Gasteiger partial charge >= 0.3 is 6.03 Å². The van der Waals surface area contributed by atoms with Crippen LogP contribution in [0.2, 0.25) is 0 Å². The van der Waals surface area contributed by atoms with Gasteiger partial charge in [-0.25, -0.2) is 4.79 Å². The van der Waals surface area contributed by atoms with Crippen LogP contribution in [0.4, 0.5) is 4.79 Å². The highest BCUT2D eigenvalue weighted by atomic mass is 16.2. The van der Waals surface area contributed by atoms with Gasteiger partial charge in [0.15, 0.2) is 0 Å². The van der Waals surface area contributed by atoms with E-state index in [0.29, 0.717) is 23.7 Å². The normalized spacial score (nSPS) is 32.2. The SMILES string of the molecule is CN1C[C@@H]2CN(C(=O)NC3CCN(C(=O)C4CC4)CC3)C[C@@H]2C1. The molecule has 1 N–H and O–H groups in total. The van der Waals surface area contributed by atoms with Gasteiger partial charge in [0.2, 0.25) is 5.91 Å². The van der Waals surface area contributed by atoms with E-state index in [1.54, 1.807) is 0 Å². The van der Waals surface area contributed by atoms with Crippen LogP contribution >= 0.6 is 0 Å². The molecule has 1 aliphatic carbocycles. The lowest BCUT2D eigenvalue weighted by atomic mass is 10.0. The summed E-state index contributed by atoms with van der Waals surface area (Å²) in [5, 5.41) is 3.20. The first-order valence-electron chi connectivity index (χ1n) is 9.13. The van der Waals surface area contributed by atoms with Crippen molar-refractivity contribution >= 4 is 11.9 Å². The summed E-state index contributed by atoms with van der Waals surface area (Å²) in [4.78, 5) is 30.9. The molecule has 0 radical (unpaired) electrons. The number of carbonyl (C=O) groups is 2. The van der Waals surface area contributed by atoms with Crippen LogP contribution in [0.25, 0.3) is 0 Å². The van der Waals surface area contributed by atoms with E-state index in [-0.39, 0.29) is 12.1 Å². The van der Waals surface area contributed by atoms with Gasteiger partial charge in [-0.05, 0) is 44.6 Å². The van der Waals surface area contributed by atoms with Gasteiger partial charge in [0, 0.05) is 51.2 Å². The molecule has 6 nitrogen and oxygen atoms in total. The van der Waals surface area contributed by atoms with Crippen LogP contribution in [0, 0.1) is 17.8 Å². The van der Waals surface area contributed by atoms with Gasteiger partial charge in [-0.1, -0.05) is 0 Å². The largest absolute Gasteiger partial charge is 0.342 e. The summed E-state index contributed by atoms with van der Waals surface area (Å²) in [7, 11) is 2.17. The van der Waals surface area contributed by atoms with E-state index in [0.717, 1.165) is 65.0 Å². The Balaban J connectivity index is 1.22. The fraction of sp³-hybridized carbons (Fsp3) is 0.882. The number of amides is 3. The maximum absolute atomic E-state index is 12.5. The van der Waals surface area contributed by atoms with Crippen molar-refractivity contribution in [3.63, 3.8) is 0 Å². The Morgan fingerprint density at radius 1 is 0.870 bits per heavy atom. The molecule has 3 saturated heterocycles.